The van der Waals surface area contributed by atoms with E-state index >= 15 is 0 Å². The molecule has 0 N–H and O–H groups in total. The number of nitro benzene ring substituents is 2. The minimum absolute atomic E-state index is 0.0262. The SMILES string of the molecule is COc1ccc(Oc2c(Cl)cc([N+](=O)[O-])cc2Cl)cc1S(=O)(=O)Cl.COc1ccc(Oc2c(Cl)cc([N+](=O)[O-])cc2Cl)cc1S(=O)(=O)Cl. The van der Waals surface area contributed by atoms with E-state index in [2.05, 4.69) is 0 Å². The molecule has 4 aromatic rings. The number of non-ortho nitro benzene ring substituents is 2. The van der Waals surface area contributed by atoms with Gasteiger partial charge in [0.1, 0.15) is 32.8 Å². The van der Waals surface area contributed by atoms with Crippen LogP contribution in [-0.2, 0) is 18.1 Å². The van der Waals surface area contributed by atoms with E-state index in [0.717, 1.165) is 36.4 Å². The zero-order valence-electron chi connectivity index (χ0n) is 23.7. The fourth-order valence-corrected chi connectivity index (χ4v) is 6.68. The van der Waals surface area contributed by atoms with Crippen molar-refractivity contribution in [1.29, 1.82) is 0 Å². The maximum absolute atomic E-state index is 11.6. The molecule has 0 aromatic heterocycles. The number of benzene rings is 4. The summed E-state index contributed by atoms with van der Waals surface area (Å²) in [6, 6.07) is 11.9. The highest BCUT2D eigenvalue weighted by Crippen LogP contribution is 2.42. The van der Waals surface area contributed by atoms with Gasteiger partial charge in [-0.05, 0) is 24.3 Å². The van der Waals surface area contributed by atoms with Crippen molar-refractivity contribution in [3.8, 4) is 34.5 Å². The Morgan fingerprint density at radius 2 is 0.854 bits per heavy atom. The van der Waals surface area contributed by atoms with E-state index in [4.69, 9.17) is 86.7 Å². The van der Waals surface area contributed by atoms with E-state index in [1.54, 1.807) is 0 Å². The number of hydrogen-bond acceptors (Lipinski definition) is 12. The predicted octanol–water partition coefficient (Wildman–Crippen LogP) is 9.26. The Morgan fingerprint density at radius 1 is 0.562 bits per heavy atom. The van der Waals surface area contributed by atoms with E-state index in [1.165, 1.54) is 38.5 Å². The highest BCUT2D eigenvalue weighted by atomic mass is 35.7. The van der Waals surface area contributed by atoms with Gasteiger partial charge in [0, 0.05) is 57.8 Å². The number of nitrogens with zero attached hydrogens (tertiary/aromatic N) is 2. The van der Waals surface area contributed by atoms with Gasteiger partial charge in [0.05, 0.1) is 44.2 Å². The summed E-state index contributed by atoms with van der Waals surface area (Å²) in [6.07, 6.45) is 0. The van der Waals surface area contributed by atoms with Gasteiger partial charge in [-0.15, -0.1) is 0 Å². The molecule has 0 unspecified atom stereocenters. The third-order valence-electron chi connectivity index (χ3n) is 5.62. The first-order chi connectivity index (χ1) is 22.3. The molecule has 0 spiro atoms. The van der Waals surface area contributed by atoms with E-state index < -0.39 is 27.9 Å². The summed E-state index contributed by atoms with van der Waals surface area (Å²) in [5.74, 6) is 0.0240. The van der Waals surface area contributed by atoms with Crippen LogP contribution in [0.25, 0.3) is 0 Å². The van der Waals surface area contributed by atoms with Crippen molar-refractivity contribution in [3.05, 3.63) is 101 Å². The molecule has 4 rings (SSSR count). The third kappa shape index (κ3) is 9.79. The normalized spacial score (nSPS) is 11.2. The van der Waals surface area contributed by atoms with Crippen LogP contribution < -0.4 is 18.9 Å². The second kappa shape index (κ2) is 15.8. The van der Waals surface area contributed by atoms with Gasteiger partial charge in [-0.3, -0.25) is 20.2 Å². The first-order valence-corrected chi connectivity index (χ1v) is 18.3. The average molecular weight is 825 g/mol. The highest BCUT2D eigenvalue weighted by molar-refractivity contribution is 8.14. The molecule has 256 valence electrons. The lowest BCUT2D eigenvalue weighted by molar-refractivity contribution is -0.385. The number of halogens is 6. The van der Waals surface area contributed by atoms with Gasteiger partial charge in [0.25, 0.3) is 29.5 Å². The molecule has 0 fully saturated rings. The van der Waals surface area contributed by atoms with Gasteiger partial charge < -0.3 is 18.9 Å². The van der Waals surface area contributed by atoms with Crippen molar-refractivity contribution in [2.45, 2.75) is 9.79 Å². The topological polar surface area (TPSA) is 191 Å². The van der Waals surface area contributed by atoms with Gasteiger partial charge >= 0.3 is 0 Å². The number of hydrogen-bond donors (Lipinski definition) is 0. The first kappa shape index (κ1) is 39.0. The van der Waals surface area contributed by atoms with Crippen LogP contribution in [0.5, 0.6) is 34.5 Å². The molecule has 48 heavy (non-hydrogen) atoms. The molecule has 0 saturated carbocycles. The van der Waals surface area contributed by atoms with Crippen LogP contribution in [-0.4, -0.2) is 40.9 Å². The van der Waals surface area contributed by atoms with Crippen molar-refractivity contribution in [2.24, 2.45) is 0 Å². The van der Waals surface area contributed by atoms with E-state index in [-0.39, 0.29) is 75.8 Å². The van der Waals surface area contributed by atoms with Crippen LogP contribution in [0.4, 0.5) is 11.4 Å². The lowest BCUT2D eigenvalue weighted by atomic mass is 10.3. The monoisotopic (exact) mass is 822 g/mol. The summed E-state index contributed by atoms with van der Waals surface area (Å²) in [5.41, 5.74) is -0.618. The van der Waals surface area contributed by atoms with Gasteiger partial charge in [-0.25, -0.2) is 16.8 Å². The Bertz CT molecular complexity index is 1940. The van der Waals surface area contributed by atoms with Gasteiger partial charge in [0.2, 0.25) is 0 Å². The van der Waals surface area contributed by atoms with Crippen molar-refractivity contribution >= 4 is 97.2 Å². The molecular weight excluding hydrogens is 809 g/mol. The molecule has 0 radical (unpaired) electrons. The van der Waals surface area contributed by atoms with Crippen molar-refractivity contribution in [1.82, 2.24) is 0 Å². The molecule has 14 nitrogen and oxygen atoms in total. The quantitative estimate of drug-likeness (QED) is 0.0838. The lowest BCUT2D eigenvalue weighted by Crippen LogP contribution is -1.97. The number of ether oxygens (including phenoxy) is 4. The Kier molecular flexibility index (Phi) is 12.8. The van der Waals surface area contributed by atoms with Crippen molar-refractivity contribution in [2.75, 3.05) is 14.2 Å². The maximum atomic E-state index is 11.6. The molecule has 0 aliphatic rings. The summed E-state index contributed by atoms with van der Waals surface area (Å²) in [5, 5.41) is 21.1. The van der Waals surface area contributed by atoms with E-state index in [0.29, 0.717) is 0 Å². The zero-order chi connectivity index (χ0) is 36.1. The molecule has 0 bridgehead atoms. The number of rotatable bonds is 10. The standard InChI is InChI=1S/2C13H8Cl3NO6S/c2*1-22-11-3-2-8(6-12(11)24(16,20)21)23-13-9(14)4-7(17(18)19)5-10(13)15/h2*2-6H,1H3. The molecular formula is C26H16Cl6N2O12S2. The second-order valence-corrected chi connectivity index (χ2v) is 15.4. The Hall–Kier alpha value is -3.48. The highest BCUT2D eigenvalue weighted by Gasteiger charge is 2.22. The fraction of sp³-hybridized carbons (Fsp3) is 0.0769. The van der Waals surface area contributed by atoms with Crippen molar-refractivity contribution in [3.63, 3.8) is 0 Å². The van der Waals surface area contributed by atoms with Crippen LogP contribution >= 0.6 is 67.8 Å². The average Bonchev–Trinajstić information content (AvgIpc) is 2.99. The van der Waals surface area contributed by atoms with E-state index in [9.17, 15) is 37.1 Å². The predicted molar refractivity (Wildman–Crippen MR) is 178 cm³/mol. The van der Waals surface area contributed by atoms with Crippen LogP contribution in [0.1, 0.15) is 0 Å². The first-order valence-electron chi connectivity index (χ1n) is 12.1. The zero-order valence-corrected chi connectivity index (χ0v) is 29.8. The summed E-state index contributed by atoms with van der Waals surface area (Å²) in [6.45, 7) is 0. The third-order valence-corrected chi connectivity index (χ3v) is 9.43. The molecule has 0 saturated heterocycles. The Labute approximate surface area is 300 Å². The van der Waals surface area contributed by atoms with Crippen LogP contribution in [0.3, 0.4) is 0 Å². The molecule has 0 heterocycles. The smallest absolute Gasteiger partial charge is 0.272 e. The van der Waals surface area contributed by atoms with Gasteiger partial charge in [-0.1, -0.05) is 46.4 Å². The summed E-state index contributed by atoms with van der Waals surface area (Å²) in [7, 11) is 5.08. The Morgan fingerprint density at radius 3 is 1.08 bits per heavy atom. The fourth-order valence-electron chi connectivity index (χ4n) is 3.56. The molecule has 0 aliphatic heterocycles. The number of nitro groups is 2. The second-order valence-electron chi connectivity index (χ2n) is 8.70. The van der Waals surface area contributed by atoms with E-state index in [1.807, 2.05) is 0 Å². The summed E-state index contributed by atoms with van der Waals surface area (Å²) < 4.78 is 67.0. The number of methoxy groups -OCH3 is 2. The van der Waals surface area contributed by atoms with Gasteiger partial charge in [-0.2, -0.15) is 0 Å². The molecule has 4 aromatic carbocycles. The molecule has 22 heteroatoms. The minimum atomic E-state index is -4.09. The van der Waals surface area contributed by atoms with Crippen LogP contribution in [0, 0.1) is 20.2 Å². The van der Waals surface area contributed by atoms with Crippen LogP contribution in [0.15, 0.2) is 70.5 Å². The summed E-state index contributed by atoms with van der Waals surface area (Å²) >= 11 is 23.7. The largest absolute Gasteiger partial charge is 0.495 e. The molecule has 0 amide bonds. The molecule has 0 aliphatic carbocycles. The maximum Gasteiger partial charge on any atom is 0.272 e. The van der Waals surface area contributed by atoms with Crippen LogP contribution in [0.2, 0.25) is 20.1 Å². The minimum Gasteiger partial charge on any atom is -0.495 e. The molecule has 0 atom stereocenters. The van der Waals surface area contributed by atoms with Crippen molar-refractivity contribution < 1.29 is 45.6 Å². The lowest BCUT2D eigenvalue weighted by Gasteiger charge is -2.12. The van der Waals surface area contributed by atoms with Gasteiger partial charge in [0.15, 0.2) is 11.5 Å². The Balaban J connectivity index is 0.000000260. The summed E-state index contributed by atoms with van der Waals surface area (Å²) in [4.78, 5) is 19.6.